The molecule has 1 aliphatic carbocycles. The van der Waals surface area contributed by atoms with Crippen LogP contribution in [-0.4, -0.2) is 34.3 Å². The Morgan fingerprint density at radius 1 is 1.00 bits per heavy atom. The third-order valence-electron chi connectivity index (χ3n) is 11.1. The van der Waals surface area contributed by atoms with E-state index in [0.29, 0.717) is 41.7 Å². The molecular formula is C47H62F2N4O2. The molecular weight excluding hydrogens is 691 g/mol. The quantitative estimate of drug-likeness (QED) is 0.0837. The standard InChI is InChI=1S/C47H62F2N4O2/c1-7-8-9-10-11-12-13-14-18-33(2)51-41-21-16-15-20-38(25-28-41)24-23-35(4)55-46-36(5)43(47(54)50-30-39-26-27-40(48)29-44(39)49)32-52-31-42-22-17-19-34(3)53(42)37(6)45(46)52/h15,20-21,25-29,32,34,38,42,51H,2,4-14,16-19,22-24,30-31H2,1,3H3,(H,50,54)/b20-15?,28-25-,41-21+. The predicted molar refractivity (Wildman–Crippen MR) is 221 cm³/mol. The molecule has 3 unspecified atom stereocenters. The van der Waals surface area contributed by atoms with Crippen molar-refractivity contribution in [3.05, 3.63) is 144 Å². The van der Waals surface area contributed by atoms with Gasteiger partial charge in [-0.1, -0.05) is 109 Å². The van der Waals surface area contributed by atoms with Gasteiger partial charge in [0.1, 0.15) is 17.3 Å². The van der Waals surface area contributed by atoms with E-state index in [-0.39, 0.29) is 24.1 Å². The summed E-state index contributed by atoms with van der Waals surface area (Å²) < 4.78 is 34.5. The van der Waals surface area contributed by atoms with Gasteiger partial charge < -0.3 is 25.2 Å². The first-order valence-corrected chi connectivity index (χ1v) is 20.5. The van der Waals surface area contributed by atoms with Crippen molar-refractivity contribution in [1.82, 2.24) is 20.4 Å². The number of nitrogens with one attached hydrogen (secondary N) is 2. The number of nitrogens with zero attached hydrogens (tertiary/aromatic N) is 2. The molecule has 0 radical (unpaired) electrons. The SMILES string of the molecule is C=C(CCCCCCCCCC)NC1=C/CC=CC(CCC(=C)OC2=C3C(=C)N4C(C)CCCC4CN3C=C(C(=O)NCc3ccc(F)cc3F)C2=C)/C=C\1. The molecule has 296 valence electrons. The summed E-state index contributed by atoms with van der Waals surface area (Å²) in [6, 6.07) is 3.90. The highest BCUT2D eigenvalue weighted by Gasteiger charge is 2.41. The molecule has 0 bridgehead atoms. The van der Waals surface area contributed by atoms with Crippen LogP contribution in [0.5, 0.6) is 0 Å². The molecule has 2 saturated heterocycles. The maximum absolute atomic E-state index is 14.4. The molecule has 2 fully saturated rings. The number of hydrogen-bond donors (Lipinski definition) is 2. The van der Waals surface area contributed by atoms with Crippen molar-refractivity contribution in [1.29, 1.82) is 0 Å². The molecule has 6 nitrogen and oxygen atoms in total. The lowest BCUT2D eigenvalue weighted by Crippen LogP contribution is -2.55. The fourth-order valence-corrected chi connectivity index (χ4v) is 8.03. The van der Waals surface area contributed by atoms with Crippen LogP contribution in [0.15, 0.2) is 127 Å². The number of allylic oxidation sites excluding steroid dienone is 8. The summed E-state index contributed by atoms with van der Waals surface area (Å²) in [6.07, 6.45) is 29.6. The van der Waals surface area contributed by atoms with Gasteiger partial charge in [0.05, 0.1) is 17.0 Å². The van der Waals surface area contributed by atoms with Crippen molar-refractivity contribution in [2.24, 2.45) is 5.92 Å². The van der Waals surface area contributed by atoms with Crippen LogP contribution in [0.3, 0.4) is 0 Å². The van der Waals surface area contributed by atoms with Crippen LogP contribution in [0, 0.1) is 17.6 Å². The van der Waals surface area contributed by atoms with Crippen LogP contribution < -0.4 is 10.6 Å². The van der Waals surface area contributed by atoms with Crippen LogP contribution >= 0.6 is 0 Å². The zero-order valence-corrected chi connectivity index (χ0v) is 33.2. The van der Waals surface area contributed by atoms with E-state index in [9.17, 15) is 13.6 Å². The van der Waals surface area contributed by atoms with E-state index in [1.54, 1.807) is 6.20 Å². The second kappa shape index (κ2) is 20.4. The highest BCUT2D eigenvalue weighted by molar-refractivity contribution is 5.99. The summed E-state index contributed by atoms with van der Waals surface area (Å²) in [5.41, 5.74) is 4.68. The summed E-state index contributed by atoms with van der Waals surface area (Å²) in [5, 5.41) is 6.34. The van der Waals surface area contributed by atoms with Gasteiger partial charge in [-0.25, -0.2) is 8.78 Å². The Morgan fingerprint density at radius 2 is 1.76 bits per heavy atom. The van der Waals surface area contributed by atoms with Gasteiger partial charge in [-0.2, -0.15) is 0 Å². The topological polar surface area (TPSA) is 56.8 Å². The Hall–Kier alpha value is -4.59. The van der Waals surface area contributed by atoms with E-state index in [4.69, 9.17) is 4.74 Å². The van der Waals surface area contributed by atoms with Crippen molar-refractivity contribution in [2.75, 3.05) is 6.54 Å². The average Bonchev–Trinajstić information content (AvgIpc) is 3.14. The molecule has 4 aliphatic rings. The summed E-state index contributed by atoms with van der Waals surface area (Å²) in [5.74, 6) is -0.597. The summed E-state index contributed by atoms with van der Waals surface area (Å²) >= 11 is 0. The zero-order chi connectivity index (χ0) is 39.3. The smallest absolute Gasteiger partial charge is 0.253 e. The molecule has 3 aliphatic heterocycles. The number of benzene rings is 1. The maximum atomic E-state index is 14.4. The molecule has 1 amide bonds. The van der Waals surface area contributed by atoms with Crippen LogP contribution in [-0.2, 0) is 16.1 Å². The van der Waals surface area contributed by atoms with Crippen molar-refractivity contribution >= 4 is 5.91 Å². The van der Waals surface area contributed by atoms with E-state index in [1.807, 2.05) is 0 Å². The third kappa shape index (κ3) is 11.5. The van der Waals surface area contributed by atoms with E-state index in [2.05, 4.69) is 91.0 Å². The molecule has 5 rings (SSSR count). The first-order chi connectivity index (χ1) is 26.5. The number of piperidine rings is 1. The third-order valence-corrected chi connectivity index (χ3v) is 11.1. The molecule has 0 saturated carbocycles. The largest absolute Gasteiger partial charge is 0.459 e. The first-order valence-electron chi connectivity index (χ1n) is 20.5. The molecule has 3 heterocycles. The van der Waals surface area contributed by atoms with Gasteiger partial charge >= 0.3 is 0 Å². The molecule has 55 heavy (non-hydrogen) atoms. The van der Waals surface area contributed by atoms with Gasteiger partial charge in [0, 0.05) is 66.4 Å². The molecule has 1 aromatic carbocycles. The number of fused-ring (bicyclic) bond motifs is 2. The summed E-state index contributed by atoms with van der Waals surface area (Å²) in [4.78, 5) is 18.1. The zero-order valence-electron chi connectivity index (χ0n) is 33.2. The van der Waals surface area contributed by atoms with Crippen LogP contribution in [0.4, 0.5) is 8.78 Å². The average molecular weight is 753 g/mol. The van der Waals surface area contributed by atoms with Crippen molar-refractivity contribution < 1.29 is 18.3 Å². The van der Waals surface area contributed by atoms with E-state index >= 15 is 0 Å². The Bertz CT molecular complexity index is 1750. The Morgan fingerprint density at radius 3 is 2.53 bits per heavy atom. The number of unbranched alkanes of at least 4 members (excludes halogenated alkanes) is 7. The van der Waals surface area contributed by atoms with Gasteiger partial charge in [-0.15, -0.1) is 0 Å². The summed E-state index contributed by atoms with van der Waals surface area (Å²) in [7, 11) is 0. The minimum atomic E-state index is -0.713. The van der Waals surface area contributed by atoms with Crippen LogP contribution in [0.1, 0.15) is 116 Å². The molecule has 3 atom stereocenters. The maximum Gasteiger partial charge on any atom is 0.253 e. The van der Waals surface area contributed by atoms with Crippen molar-refractivity contribution in [2.45, 2.75) is 129 Å². The number of halogens is 2. The molecule has 0 spiro atoms. The number of carbonyl (C=O) groups excluding carboxylic acids is 1. The van der Waals surface area contributed by atoms with Gasteiger partial charge in [0.25, 0.3) is 5.91 Å². The Balaban J connectivity index is 1.20. The minimum Gasteiger partial charge on any atom is -0.459 e. The lowest BCUT2D eigenvalue weighted by atomic mass is 9.89. The van der Waals surface area contributed by atoms with Gasteiger partial charge in [0.15, 0.2) is 5.76 Å². The van der Waals surface area contributed by atoms with Gasteiger partial charge in [-0.3, -0.25) is 4.79 Å². The first kappa shape index (κ1) is 41.6. The van der Waals surface area contributed by atoms with E-state index in [0.717, 1.165) is 73.8 Å². The normalized spacial score (nSPS) is 22.4. The molecule has 0 aromatic heterocycles. The lowest BCUT2D eigenvalue weighted by molar-refractivity contribution is -0.117. The van der Waals surface area contributed by atoms with Gasteiger partial charge in [-0.05, 0) is 69.9 Å². The second-order valence-corrected chi connectivity index (χ2v) is 15.5. The monoisotopic (exact) mass is 752 g/mol. The lowest BCUT2D eigenvalue weighted by Gasteiger charge is -2.52. The molecule has 8 heteroatoms. The number of piperazine rings is 1. The molecule has 2 N–H and O–H groups in total. The number of rotatable bonds is 19. The predicted octanol–water partition coefficient (Wildman–Crippen LogP) is 11.3. The highest BCUT2D eigenvalue weighted by Crippen LogP contribution is 2.43. The Kier molecular flexibility index (Phi) is 15.4. The fraction of sp³-hybridized carbons (Fsp3) is 0.468. The minimum absolute atomic E-state index is 0.0993. The van der Waals surface area contributed by atoms with Gasteiger partial charge in [0.2, 0.25) is 0 Å². The second-order valence-electron chi connectivity index (χ2n) is 15.5. The highest BCUT2D eigenvalue weighted by atomic mass is 19.1. The number of hydrogen-bond acceptors (Lipinski definition) is 5. The van der Waals surface area contributed by atoms with Crippen LogP contribution in [0.25, 0.3) is 0 Å². The summed E-state index contributed by atoms with van der Waals surface area (Å²) in [6.45, 7) is 22.5. The number of carbonyl (C=O) groups is 1. The molecule has 1 aromatic rings. The van der Waals surface area contributed by atoms with E-state index < -0.39 is 17.5 Å². The van der Waals surface area contributed by atoms with Crippen molar-refractivity contribution in [3.8, 4) is 0 Å². The van der Waals surface area contributed by atoms with Crippen LogP contribution in [0.2, 0.25) is 0 Å². The van der Waals surface area contributed by atoms with Crippen molar-refractivity contribution in [3.63, 3.8) is 0 Å². The van der Waals surface area contributed by atoms with E-state index in [1.165, 1.54) is 57.1 Å². The number of ether oxygens (including phenoxy) is 1. The Labute approximate surface area is 328 Å². The number of amides is 1. The fourth-order valence-electron chi connectivity index (χ4n) is 8.03.